The third-order valence-corrected chi connectivity index (χ3v) is 2.29. The highest BCUT2D eigenvalue weighted by molar-refractivity contribution is 7.99. The number of nitriles is 1. The van der Waals surface area contributed by atoms with E-state index in [1.807, 2.05) is 6.26 Å². The first-order valence-electron chi connectivity index (χ1n) is 4.34. The summed E-state index contributed by atoms with van der Waals surface area (Å²) >= 11 is 1.52. The molecule has 0 aromatic rings. The Morgan fingerprint density at radius 1 is 1.67 bits per heavy atom. The Morgan fingerprint density at radius 3 is 2.67 bits per heavy atom. The van der Waals surface area contributed by atoms with Gasteiger partial charge in [-0.2, -0.15) is 17.0 Å². The van der Waals surface area contributed by atoms with Gasteiger partial charge >= 0.3 is 6.09 Å². The summed E-state index contributed by atoms with van der Waals surface area (Å²) in [6, 6.07) is 2.11. The van der Waals surface area contributed by atoms with Crippen LogP contribution in [-0.4, -0.2) is 30.9 Å². The minimum Gasteiger partial charge on any atom is -0.323 e. The summed E-state index contributed by atoms with van der Waals surface area (Å²) in [7, 11) is 1.45. The predicted octanol–water partition coefficient (Wildman–Crippen LogP) is 1.61. The van der Waals surface area contributed by atoms with Gasteiger partial charge in [-0.3, -0.25) is 4.84 Å². The van der Waals surface area contributed by atoms with Crippen LogP contribution in [0.25, 0.3) is 0 Å². The topological polar surface area (TPSA) is 74.5 Å². The zero-order valence-corrected chi connectivity index (χ0v) is 10.1. The van der Waals surface area contributed by atoms with Gasteiger partial charge < -0.3 is 5.32 Å². The summed E-state index contributed by atoms with van der Waals surface area (Å²) in [4.78, 5) is 15.4. The normalized spacial score (nSPS) is 11.8. The highest BCUT2D eigenvalue weighted by Gasteiger charge is 2.25. The number of carbonyl (C=O) groups is 1. The summed E-state index contributed by atoms with van der Waals surface area (Å²) in [5.41, 5.74) is -0.182. The minimum atomic E-state index is -0.725. The molecule has 1 N–H and O–H groups in total. The fraction of sp³-hybridized carbons (Fsp3) is 0.667. The molecule has 0 aromatic carbocycles. The van der Waals surface area contributed by atoms with Crippen molar-refractivity contribution in [2.24, 2.45) is 10.6 Å². The van der Waals surface area contributed by atoms with E-state index in [-0.39, 0.29) is 0 Å². The van der Waals surface area contributed by atoms with Crippen LogP contribution in [0.5, 0.6) is 0 Å². The standard InChI is InChI=1S/C9H15N3O2S/c1-9(2,6-10)7(5-15-4)12-14-8(13)11-3/h5H2,1-4H3,(H,11,13). The quantitative estimate of drug-likeness (QED) is 0.451. The van der Waals surface area contributed by atoms with Gasteiger partial charge in [0, 0.05) is 12.8 Å². The van der Waals surface area contributed by atoms with E-state index < -0.39 is 11.5 Å². The fourth-order valence-electron chi connectivity index (χ4n) is 0.664. The van der Waals surface area contributed by atoms with Gasteiger partial charge in [0.1, 0.15) is 0 Å². The van der Waals surface area contributed by atoms with Crippen LogP contribution in [0.4, 0.5) is 4.79 Å². The second-order valence-electron chi connectivity index (χ2n) is 3.34. The van der Waals surface area contributed by atoms with Crippen molar-refractivity contribution < 1.29 is 9.63 Å². The van der Waals surface area contributed by atoms with Crippen molar-refractivity contribution in [1.82, 2.24) is 5.32 Å². The van der Waals surface area contributed by atoms with Crippen LogP contribution >= 0.6 is 11.8 Å². The van der Waals surface area contributed by atoms with E-state index in [0.717, 1.165) is 0 Å². The lowest BCUT2D eigenvalue weighted by Crippen LogP contribution is -2.26. The van der Waals surface area contributed by atoms with Crippen molar-refractivity contribution in [3.63, 3.8) is 0 Å². The van der Waals surface area contributed by atoms with E-state index in [4.69, 9.17) is 5.26 Å². The number of amides is 1. The molecule has 1 amide bonds. The molecule has 0 aliphatic rings. The number of nitrogens with one attached hydrogen (secondary N) is 1. The Balaban J connectivity index is 4.67. The molecular weight excluding hydrogens is 214 g/mol. The number of carbonyl (C=O) groups excluding carboxylic acids is 1. The largest absolute Gasteiger partial charge is 0.433 e. The number of thioether (sulfide) groups is 1. The van der Waals surface area contributed by atoms with Gasteiger partial charge in [-0.15, -0.1) is 0 Å². The number of hydrogen-bond donors (Lipinski definition) is 1. The number of nitrogens with zero attached hydrogens (tertiary/aromatic N) is 2. The van der Waals surface area contributed by atoms with Crippen LogP contribution < -0.4 is 5.32 Å². The first kappa shape index (κ1) is 13.8. The molecule has 0 bridgehead atoms. The monoisotopic (exact) mass is 229 g/mol. The molecule has 0 aliphatic heterocycles. The lowest BCUT2D eigenvalue weighted by molar-refractivity contribution is 0.152. The van der Waals surface area contributed by atoms with Crippen molar-refractivity contribution in [3.05, 3.63) is 0 Å². The molecular formula is C9H15N3O2S. The van der Waals surface area contributed by atoms with Crippen molar-refractivity contribution in [2.75, 3.05) is 19.1 Å². The van der Waals surface area contributed by atoms with Gasteiger partial charge in [-0.1, -0.05) is 5.16 Å². The molecule has 0 spiro atoms. The smallest absolute Gasteiger partial charge is 0.323 e. The SMILES string of the molecule is CNC(=O)ON=C(CSC)C(C)(C)C#N. The Morgan fingerprint density at radius 2 is 2.27 bits per heavy atom. The first-order valence-corrected chi connectivity index (χ1v) is 5.73. The third kappa shape index (κ3) is 4.70. The van der Waals surface area contributed by atoms with Gasteiger partial charge in [0.25, 0.3) is 0 Å². The average molecular weight is 229 g/mol. The molecule has 15 heavy (non-hydrogen) atoms. The van der Waals surface area contributed by atoms with Crippen LogP contribution in [0.15, 0.2) is 5.16 Å². The van der Waals surface area contributed by atoms with E-state index in [9.17, 15) is 4.79 Å². The fourth-order valence-corrected chi connectivity index (χ4v) is 1.35. The summed E-state index contributed by atoms with van der Waals surface area (Å²) < 4.78 is 0. The Hall–Kier alpha value is -1.22. The van der Waals surface area contributed by atoms with Crippen LogP contribution in [-0.2, 0) is 4.84 Å². The molecule has 0 radical (unpaired) electrons. The maximum absolute atomic E-state index is 10.8. The highest BCUT2D eigenvalue weighted by atomic mass is 32.2. The Labute approximate surface area is 93.8 Å². The van der Waals surface area contributed by atoms with Crippen molar-refractivity contribution >= 4 is 23.6 Å². The highest BCUT2D eigenvalue weighted by Crippen LogP contribution is 2.19. The molecule has 0 aliphatic carbocycles. The van der Waals surface area contributed by atoms with Crippen LogP contribution in [0.3, 0.4) is 0 Å². The summed E-state index contributed by atoms with van der Waals surface area (Å²) in [6.45, 7) is 3.46. The molecule has 0 aromatic heterocycles. The minimum absolute atomic E-state index is 0.543. The average Bonchev–Trinajstić information content (AvgIpc) is 2.23. The Bertz CT molecular complexity index is 294. The number of rotatable bonds is 4. The van der Waals surface area contributed by atoms with E-state index in [1.165, 1.54) is 18.8 Å². The lowest BCUT2D eigenvalue weighted by Gasteiger charge is -2.16. The second kappa shape index (κ2) is 6.30. The molecule has 0 atom stereocenters. The Kier molecular flexibility index (Phi) is 5.79. The van der Waals surface area contributed by atoms with Crippen molar-refractivity contribution in [2.45, 2.75) is 13.8 Å². The molecule has 5 nitrogen and oxygen atoms in total. The summed E-state index contributed by atoms with van der Waals surface area (Å²) in [5, 5.41) is 14.9. The molecule has 0 rings (SSSR count). The zero-order valence-electron chi connectivity index (χ0n) is 9.33. The maximum Gasteiger partial charge on any atom is 0.433 e. The molecule has 0 saturated heterocycles. The lowest BCUT2D eigenvalue weighted by atomic mass is 9.90. The van der Waals surface area contributed by atoms with Crippen LogP contribution in [0.1, 0.15) is 13.8 Å². The third-order valence-electron chi connectivity index (χ3n) is 1.72. The first-order chi connectivity index (χ1) is 6.97. The van der Waals surface area contributed by atoms with Crippen molar-refractivity contribution in [3.8, 4) is 6.07 Å². The van der Waals surface area contributed by atoms with Gasteiger partial charge in [0.2, 0.25) is 0 Å². The molecule has 84 valence electrons. The summed E-state index contributed by atoms with van der Waals surface area (Å²) in [5.74, 6) is 0.553. The maximum atomic E-state index is 10.8. The molecule has 0 heterocycles. The van der Waals surface area contributed by atoms with Gasteiger partial charge in [0.15, 0.2) is 0 Å². The van der Waals surface area contributed by atoms with Gasteiger partial charge in [0.05, 0.1) is 17.2 Å². The van der Waals surface area contributed by atoms with Crippen LogP contribution in [0.2, 0.25) is 0 Å². The van der Waals surface area contributed by atoms with Gasteiger partial charge in [-0.05, 0) is 20.1 Å². The number of oxime groups is 1. The molecule has 6 heteroatoms. The van der Waals surface area contributed by atoms with E-state index in [2.05, 4.69) is 21.4 Å². The zero-order chi connectivity index (χ0) is 11.9. The van der Waals surface area contributed by atoms with Crippen LogP contribution in [0, 0.1) is 16.7 Å². The van der Waals surface area contributed by atoms with E-state index >= 15 is 0 Å². The van der Waals surface area contributed by atoms with Crippen molar-refractivity contribution in [1.29, 1.82) is 5.26 Å². The second-order valence-corrected chi connectivity index (χ2v) is 4.20. The van der Waals surface area contributed by atoms with E-state index in [0.29, 0.717) is 11.5 Å². The predicted molar refractivity (Wildman–Crippen MR) is 60.8 cm³/mol. The molecule has 0 unspecified atom stereocenters. The summed E-state index contributed by atoms with van der Waals surface area (Å²) in [6.07, 6.45) is 1.26. The van der Waals surface area contributed by atoms with Gasteiger partial charge in [-0.25, -0.2) is 4.79 Å². The number of hydrogen-bond acceptors (Lipinski definition) is 5. The van der Waals surface area contributed by atoms with E-state index in [1.54, 1.807) is 13.8 Å². The molecule has 0 saturated carbocycles. The molecule has 0 fully saturated rings.